The minimum absolute atomic E-state index is 0.0113. The lowest BCUT2D eigenvalue weighted by molar-refractivity contribution is 0.185. The lowest BCUT2D eigenvalue weighted by atomic mass is 10.0. The summed E-state index contributed by atoms with van der Waals surface area (Å²) in [5.74, 6) is 0.467. The maximum absolute atomic E-state index is 10.5. The molecular formula is C8H14N4O3. The third-order valence-electron chi connectivity index (χ3n) is 1.99. The molecule has 1 atom stereocenters. The first-order valence-electron chi connectivity index (χ1n) is 4.56. The molecule has 0 saturated heterocycles. The number of rotatable bonds is 4. The molecule has 1 heterocycles. The second kappa shape index (κ2) is 4.63. The Labute approximate surface area is 86.7 Å². The van der Waals surface area contributed by atoms with Crippen LogP contribution in [0.5, 0.6) is 0 Å². The van der Waals surface area contributed by atoms with Gasteiger partial charge in [0.2, 0.25) is 5.89 Å². The van der Waals surface area contributed by atoms with Crippen LogP contribution in [0.3, 0.4) is 0 Å². The molecule has 0 aliphatic rings. The van der Waals surface area contributed by atoms with Crippen molar-refractivity contribution in [1.82, 2.24) is 15.5 Å². The zero-order valence-corrected chi connectivity index (χ0v) is 8.60. The molecule has 4 N–H and O–H groups in total. The molecule has 0 bridgehead atoms. The van der Waals surface area contributed by atoms with Gasteiger partial charge in [-0.1, -0.05) is 18.9 Å². The van der Waals surface area contributed by atoms with Crippen molar-refractivity contribution in [2.24, 2.45) is 5.92 Å². The van der Waals surface area contributed by atoms with E-state index in [0.717, 1.165) is 0 Å². The molecule has 0 saturated carbocycles. The summed E-state index contributed by atoms with van der Waals surface area (Å²) in [5, 5.41) is 18.2. The van der Waals surface area contributed by atoms with Gasteiger partial charge in [-0.3, -0.25) is 0 Å². The fraction of sp³-hybridized carbons (Fsp3) is 0.625. The Morgan fingerprint density at radius 3 is 2.67 bits per heavy atom. The zero-order valence-electron chi connectivity index (χ0n) is 8.60. The van der Waals surface area contributed by atoms with Gasteiger partial charge in [-0.05, 0) is 5.92 Å². The van der Waals surface area contributed by atoms with Crippen molar-refractivity contribution in [3.05, 3.63) is 5.89 Å². The average molecular weight is 214 g/mol. The van der Waals surface area contributed by atoms with Crippen LogP contribution in [0.25, 0.3) is 0 Å². The minimum Gasteiger partial charge on any atom is -0.465 e. The van der Waals surface area contributed by atoms with Gasteiger partial charge in [0.05, 0.1) is 0 Å². The zero-order chi connectivity index (χ0) is 11.4. The molecule has 1 aromatic heterocycles. The van der Waals surface area contributed by atoms with E-state index in [1.807, 2.05) is 13.8 Å². The van der Waals surface area contributed by atoms with E-state index in [4.69, 9.17) is 15.3 Å². The lowest BCUT2D eigenvalue weighted by Gasteiger charge is -2.18. The van der Waals surface area contributed by atoms with Crippen LogP contribution in [0, 0.1) is 5.92 Å². The van der Waals surface area contributed by atoms with E-state index >= 15 is 0 Å². The highest BCUT2D eigenvalue weighted by Crippen LogP contribution is 2.10. The summed E-state index contributed by atoms with van der Waals surface area (Å²) in [6, 6.07) is -0.273. The summed E-state index contributed by atoms with van der Waals surface area (Å²) in [5.41, 5.74) is 5.25. The number of nitrogens with one attached hydrogen (secondary N) is 1. The first-order valence-corrected chi connectivity index (χ1v) is 4.56. The molecule has 0 radical (unpaired) electrons. The maximum Gasteiger partial charge on any atom is 0.404 e. The smallest absolute Gasteiger partial charge is 0.404 e. The molecule has 1 rings (SSSR count). The van der Waals surface area contributed by atoms with E-state index in [1.54, 1.807) is 0 Å². The van der Waals surface area contributed by atoms with Crippen molar-refractivity contribution in [2.75, 3.05) is 5.73 Å². The first-order chi connectivity index (χ1) is 6.99. The molecule has 84 valence electrons. The number of hydrogen-bond donors (Lipinski definition) is 3. The van der Waals surface area contributed by atoms with Crippen molar-refractivity contribution in [3.63, 3.8) is 0 Å². The molecule has 0 aromatic carbocycles. The molecule has 7 heteroatoms. The average Bonchev–Trinajstić information content (AvgIpc) is 2.49. The second-order valence-corrected chi connectivity index (χ2v) is 3.54. The fourth-order valence-electron chi connectivity index (χ4n) is 1.15. The predicted octanol–water partition coefficient (Wildman–Crippen LogP) is 0.487. The normalized spacial score (nSPS) is 12.7. The van der Waals surface area contributed by atoms with E-state index < -0.39 is 6.09 Å². The van der Waals surface area contributed by atoms with E-state index in [0.29, 0.717) is 12.3 Å². The number of nitrogens with two attached hydrogens (primary N) is 1. The topological polar surface area (TPSA) is 114 Å². The Hall–Kier alpha value is -1.79. The molecule has 15 heavy (non-hydrogen) atoms. The Bertz CT molecular complexity index is 336. The van der Waals surface area contributed by atoms with Gasteiger partial charge in [0.1, 0.15) is 0 Å². The van der Waals surface area contributed by atoms with Gasteiger partial charge >= 0.3 is 12.1 Å². The number of aromatic nitrogens is 2. The largest absolute Gasteiger partial charge is 0.465 e. The van der Waals surface area contributed by atoms with Gasteiger partial charge in [-0.2, -0.15) is 0 Å². The van der Waals surface area contributed by atoms with Crippen LogP contribution < -0.4 is 11.1 Å². The van der Waals surface area contributed by atoms with E-state index in [-0.39, 0.29) is 18.0 Å². The monoisotopic (exact) mass is 214 g/mol. The van der Waals surface area contributed by atoms with Crippen molar-refractivity contribution in [1.29, 1.82) is 0 Å². The third kappa shape index (κ3) is 3.45. The number of nitrogens with zero attached hydrogens (tertiary/aromatic N) is 2. The highest BCUT2D eigenvalue weighted by molar-refractivity contribution is 5.64. The number of nitrogen functional groups attached to an aromatic ring is 1. The van der Waals surface area contributed by atoms with Crippen LogP contribution in [-0.4, -0.2) is 27.4 Å². The van der Waals surface area contributed by atoms with Gasteiger partial charge in [-0.15, -0.1) is 5.10 Å². The van der Waals surface area contributed by atoms with Crippen LogP contribution in [-0.2, 0) is 6.42 Å². The number of carbonyl (C=O) groups is 1. The quantitative estimate of drug-likeness (QED) is 0.671. The highest BCUT2D eigenvalue weighted by atomic mass is 16.4. The van der Waals surface area contributed by atoms with Gasteiger partial charge in [-0.25, -0.2) is 4.79 Å². The molecule has 7 nitrogen and oxygen atoms in total. The summed E-state index contributed by atoms with van der Waals surface area (Å²) in [6.07, 6.45) is -0.727. The SMILES string of the molecule is CC(C)[C@@H](Cc1nnc(N)o1)NC(=O)O. The van der Waals surface area contributed by atoms with Crippen LogP contribution in [0.1, 0.15) is 19.7 Å². The van der Waals surface area contributed by atoms with Crippen molar-refractivity contribution in [3.8, 4) is 0 Å². The summed E-state index contributed by atoms with van der Waals surface area (Å²) in [4.78, 5) is 10.5. The number of anilines is 1. The Kier molecular flexibility index (Phi) is 3.48. The molecule has 1 amide bonds. The van der Waals surface area contributed by atoms with Gasteiger partial charge in [0.25, 0.3) is 0 Å². The van der Waals surface area contributed by atoms with E-state index in [1.165, 1.54) is 0 Å². The van der Waals surface area contributed by atoms with Gasteiger partial charge < -0.3 is 20.6 Å². The fourth-order valence-corrected chi connectivity index (χ4v) is 1.15. The molecule has 0 spiro atoms. The van der Waals surface area contributed by atoms with Crippen LogP contribution in [0.4, 0.5) is 10.8 Å². The number of amides is 1. The van der Waals surface area contributed by atoms with Gasteiger partial charge in [0.15, 0.2) is 0 Å². The van der Waals surface area contributed by atoms with Crippen LogP contribution in [0.2, 0.25) is 0 Å². The van der Waals surface area contributed by atoms with Crippen molar-refractivity contribution in [2.45, 2.75) is 26.3 Å². The molecule has 0 fully saturated rings. The summed E-state index contributed by atoms with van der Waals surface area (Å²) in [6.45, 7) is 3.81. The standard InChI is InChI=1S/C8H14N4O3/c1-4(2)5(10-8(13)14)3-6-11-12-7(9)15-6/h4-5,10H,3H2,1-2H3,(H2,9,12)(H,13,14)/t5-/m1/s1. The van der Waals surface area contributed by atoms with Crippen LogP contribution in [0.15, 0.2) is 4.42 Å². The lowest BCUT2D eigenvalue weighted by Crippen LogP contribution is -2.39. The molecule has 0 aliphatic heterocycles. The van der Waals surface area contributed by atoms with E-state index in [9.17, 15) is 4.79 Å². The summed E-state index contributed by atoms with van der Waals surface area (Å²) in [7, 11) is 0. The van der Waals surface area contributed by atoms with Crippen molar-refractivity contribution >= 4 is 12.1 Å². The predicted molar refractivity (Wildman–Crippen MR) is 52.2 cm³/mol. The molecular weight excluding hydrogens is 200 g/mol. The maximum atomic E-state index is 10.5. The van der Waals surface area contributed by atoms with Gasteiger partial charge in [0, 0.05) is 12.5 Å². The highest BCUT2D eigenvalue weighted by Gasteiger charge is 2.19. The van der Waals surface area contributed by atoms with E-state index in [2.05, 4.69) is 15.5 Å². The minimum atomic E-state index is -1.07. The number of carboxylic acid groups (broad SMARTS) is 1. The summed E-state index contributed by atoms with van der Waals surface area (Å²) >= 11 is 0. The Morgan fingerprint density at radius 2 is 2.27 bits per heavy atom. The Morgan fingerprint density at radius 1 is 1.60 bits per heavy atom. The molecule has 1 aromatic rings. The third-order valence-corrected chi connectivity index (χ3v) is 1.99. The number of hydrogen-bond acceptors (Lipinski definition) is 5. The van der Waals surface area contributed by atoms with Crippen LogP contribution >= 0.6 is 0 Å². The first kappa shape index (κ1) is 11.3. The second-order valence-electron chi connectivity index (χ2n) is 3.54. The molecule has 0 unspecified atom stereocenters. The Balaban J connectivity index is 2.62. The summed E-state index contributed by atoms with van der Waals surface area (Å²) < 4.78 is 4.97. The molecule has 0 aliphatic carbocycles. The van der Waals surface area contributed by atoms with Crippen molar-refractivity contribution < 1.29 is 14.3 Å².